The Kier molecular flexibility index (Phi) is 3.73. The summed E-state index contributed by atoms with van der Waals surface area (Å²) < 4.78 is 6.70. The lowest BCUT2D eigenvalue weighted by atomic mass is 9.94. The van der Waals surface area contributed by atoms with Crippen molar-refractivity contribution < 1.29 is 4.42 Å². The molecule has 0 saturated heterocycles. The Labute approximate surface area is 179 Å². The Bertz CT molecular complexity index is 1380. The number of halogens is 1. The third-order valence-corrected chi connectivity index (χ3v) is 6.84. The Morgan fingerprint density at radius 2 is 1.72 bits per heavy atom. The second kappa shape index (κ2) is 6.34. The van der Waals surface area contributed by atoms with E-state index in [4.69, 9.17) is 9.41 Å². The van der Waals surface area contributed by atoms with Crippen molar-refractivity contribution in [3.05, 3.63) is 98.8 Å². The molecule has 2 aliphatic heterocycles. The van der Waals surface area contributed by atoms with Crippen molar-refractivity contribution in [1.82, 2.24) is 0 Å². The molecule has 0 saturated carbocycles. The lowest BCUT2D eigenvalue weighted by Crippen LogP contribution is -2.36. The molecule has 3 heterocycles. The van der Waals surface area contributed by atoms with E-state index in [2.05, 4.69) is 33.0 Å². The van der Waals surface area contributed by atoms with E-state index in [1.807, 2.05) is 60.7 Å². The highest BCUT2D eigenvalue weighted by Gasteiger charge is 2.41. The van der Waals surface area contributed by atoms with Gasteiger partial charge in [-0.3, -0.25) is 0 Å². The second-order valence-electron chi connectivity index (χ2n) is 6.94. The zero-order valence-electron chi connectivity index (χ0n) is 15.0. The van der Waals surface area contributed by atoms with E-state index in [-0.39, 0.29) is 11.7 Å². The number of thioether (sulfide) groups is 1. The van der Waals surface area contributed by atoms with Gasteiger partial charge in [-0.05, 0) is 53.7 Å². The highest BCUT2D eigenvalue weighted by Crippen LogP contribution is 2.51. The van der Waals surface area contributed by atoms with Crippen LogP contribution in [0.15, 0.2) is 96.4 Å². The number of fused-ring (bicyclic) bond motifs is 6. The first-order valence-electron chi connectivity index (χ1n) is 9.17. The van der Waals surface area contributed by atoms with Gasteiger partial charge in [0.25, 0.3) is 0 Å². The van der Waals surface area contributed by atoms with Crippen molar-refractivity contribution in [3.8, 4) is 0 Å². The van der Waals surface area contributed by atoms with Crippen molar-refractivity contribution in [2.45, 2.75) is 10.9 Å². The van der Waals surface area contributed by atoms with Crippen LogP contribution in [-0.2, 0) is 0 Å². The zero-order chi connectivity index (χ0) is 19.5. The fourth-order valence-electron chi connectivity index (χ4n) is 4.01. The van der Waals surface area contributed by atoms with Gasteiger partial charge in [-0.25, -0.2) is 9.79 Å². The minimum atomic E-state index is -0.344. The Hall–Kier alpha value is -2.83. The summed E-state index contributed by atoms with van der Waals surface area (Å²) in [4.78, 5) is 21.4. The number of aliphatic imine (C=N–C) groups is 1. The lowest BCUT2D eigenvalue weighted by Gasteiger charge is -2.34. The molecule has 140 valence electrons. The number of para-hydroxylation sites is 2. The molecule has 29 heavy (non-hydrogen) atoms. The van der Waals surface area contributed by atoms with Gasteiger partial charge in [0.2, 0.25) is 0 Å². The summed E-state index contributed by atoms with van der Waals surface area (Å²) in [5.74, 6) is 0. The third-order valence-electron chi connectivity index (χ3n) is 5.28. The SMILES string of the molecule is O=c1oc2ccccc2c2c1C(c1ccc(Br)cc1)N1C(=N2)Sc2ccccc21. The van der Waals surface area contributed by atoms with Gasteiger partial charge >= 0.3 is 5.63 Å². The van der Waals surface area contributed by atoms with Gasteiger partial charge < -0.3 is 9.32 Å². The predicted molar refractivity (Wildman–Crippen MR) is 120 cm³/mol. The highest BCUT2D eigenvalue weighted by molar-refractivity contribution is 9.10. The molecule has 4 nitrogen and oxygen atoms in total. The van der Waals surface area contributed by atoms with E-state index in [0.717, 1.165) is 31.2 Å². The normalized spacial score (nSPS) is 16.9. The van der Waals surface area contributed by atoms with Crippen LogP contribution >= 0.6 is 27.7 Å². The summed E-state index contributed by atoms with van der Waals surface area (Å²) in [7, 11) is 0. The van der Waals surface area contributed by atoms with Crippen LogP contribution in [-0.4, -0.2) is 5.17 Å². The number of anilines is 1. The van der Waals surface area contributed by atoms with E-state index >= 15 is 0 Å². The average Bonchev–Trinajstić information content (AvgIpc) is 3.11. The zero-order valence-corrected chi connectivity index (χ0v) is 17.4. The van der Waals surface area contributed by atoms with Crippen LogP contribution in [0.4, 0.5) is 11.4 Å². The molecule has 6 rings (SSSR count). The number of amidine groups is 1. The third kappa shape index (κ3) is 2.52. The molecule has 0 fully saturated rings. The summed E-state index contributed by atoms with van der Waals surface area (Å²) in [6.07, 6.45) is 0. The van der Waals surface area contributed by atoms with Crippen LogP contribution in [0.2, 0.25) is 0 Å². The van der Waals surface area contributed by atoms with Crippen molar-refractivity contribution >= 4 is 55.2 Å². The van der Waals surface area contributed by atoms with Crippen molar-refractivity contribution in [1.29, 1.82) is 0 Å². The molecule has 0 N–H and O–H groups in total. The van der Waals surface area contributed by atoms with E-state index in [0.29, 0.717) is 16.8 Å². The molecule has 0 aliphatic carbocycles. The Morgan fingerprint density at radius 3 is 2.59 bits per heavy atom. The van der Waals surface area contributed by atoms with Gasteiger partial charge in [0.15, 0.2) is 5.17 Å². The van der Waals surface area contributed by atoms with Crippen molar-refractivity contribution in [2.24, 2.45) is 4.99 Å². The van der Waals surface area contributed by atoms with Crippen LogP contribution in [0, 0.1) is 0 Å². The van der Waals surface area contributed by atoms with Crippen LogP contribution in [0.5, 0.6) is 0 Å². The predicted octanol–water partition coefficient (Wildman–Crippen LogP) is 6.26. The summed E-state index contributed by atoms with van der Waals surface area (Å²) in [5, 5.41) is 1.73. The summed E-state index contributed by atoms with van der Waals surface area (Å²) in [6, 6.07) is 23.6. The molecule has 1 aromatic heterocycles. The fraction of sp³-hybridized carbons (Fsp3) is 0.0435. The molecule has 1 atom stereocenters. The van der Waals surface area contributed by atoms with Crippen LogP contribution in [0.1, 0.15) is 17.2 Å². The van der Waals surface area contributed by atoms with Crippen molar-refractivity contribution in [3.63, 3.8) is 0 Å². The van der Waals surface area contributed by atoms with Gasteiger partial charge in [-0.2, -0.15) is 0 Å². The quantitative estimate of drug-likeness (QED) is 0.314. The maximum Gasteiger partial charge on any atom is 0.344 e. The van der Waals surface area contributed by atoms with E-state index in [1.54, 1.807) is 11.8 Å². The van der Waals surface area contributed by atoms with E-state index in [1.165, 1.54) is 0 Å². The van der Waals surface area contributed by atoms with E-state index < -0.39 is 0 Å². The molecule has 0 spiro atoms. The Morgan fingerprint density at radius 1 is 0.966 bits per heavy atom. The molecular formula is C23H13BrN2O2S. The first kappa shape index (κ1) is 17.1. The largest absolute Gasteiger partial charge is 0.422 e. The molecule has 3 aromatic carbocycles. The van der Waals surface area contributed by atoms with Gasteiger partial charge in [0, 0.05) is 14.8 Å². The van der Waals surface area contributed by atoms with Gasteiger partial charge in [0.05, 0.1) is 23.0 Å². The van der Waals surface area contributed by atoms with Gasteiger partial charge in [0.1, 0.15) is 5.58 Å². The molecule has 0 bridgehead atoms. The first-order valence-corrected chi connectivity index (χ1v) is 10.8. The summed E-state index contributed by atoms with van der Waals surface area (Å²) >= 11 is 5.14. The number of nitrogens with zero attached hydrogens (tertiary/aromatic N) is 2. The number of hydrogen-bond donors (Lipinski definition) is 0. The number of hydrogen-bond acceptors (Lipinski definition) is 5. The second-order valence-corrected chi connectivity index (χ2v) is 8.86. The van der Waals surface area contributed by atoms with Gasteiger partial charge in [-0.1, -0.05) is 52.3 Å². The molecule has 2 aliphatic rings. The molecule has 1 unspecified atom stereocenters. The monoisotopic (exact) mass is 460 g/mol. The summed E-state index contributed by atoms with van der Waals surface area (Å²) in [6.45, 7) is 0. The number of benzene rings is 3. The first-order chi connectivity index (χ1) is 14.2. The lowest BCUT2D eigenvalue weighted by molar-refractivity contribution is 0.544. The molecule has 0 amide bonds. The maximum absolute atomic E-state index is 13.2. The fourth-order valence-corrected chi connectivity index (χ4v) is 5.33. The average molecular weight is 461 g/mol. The maximum atomic E-state index is 13.2. The van der Waals surface area contributed by atoms with Gasteiger partial charge in [-0.15, -0.1) is 0 Å². The molecule has 4 aromatic rings. The summed E-state index contributed by atoms with van der Waals surface area (Å²) in [5.41, 5.74) is 3.57. The topological polar surface area (TPSA) is 45.8 Å². The van der Waals surface area contributed by atoms with Crippen LogP contribution in [0.3, 0.4) is 0 Å². The van der Waals surface area contributed by atoms with Crippen LogP contribution in [0.25, 0.3) is 11.0 Å². The van der Waals surface area contributed by atoms with Crippen molar-refractivity contribution in [2.75, 3.05) is 4.90 Å². The highest BCUT2D eigenvalue weighted by atomic mass is 79.9. The molecular weight excluding hydrogens is 448 g/mol. The van der Waals surface area contributed by atoms with E-state index in [9.17, 15) is 4.79 Å². The number of rotatable bonds is 1. The van der Waals surface area contributed by atoms with Crippen LogP contribution < -0.4 is 10.5 Å². The molecule has 6 heteroatoms. The Balaban J connectivity index is 1.71. The standard InChI is InChI=1S/C23H13BrN2O2S/c24-14-11-9-13(10-12-14)21-19-20(15-5-1-3-7-17(15)28-22(19)27)25-23-26(21)16-6-2-4-8-18(16)29-23/h1-12,21H. The molecule has 0 radical (unpaired) electrons. The minimum absolute atomic E-state index is 0.303. The smallest absolute Gasteiger partial charge is 0.344 e. The minimum Gasteiger partial charge on any atom is -0.422 e.